The normalized spacial score (nSPS) is 11.2. The van der Waals surface area contributed by atoms with Crippen molar-refractivity contribution in [2.45, 2.75) is 25.8 Å². The number of rotatable bonds is 5. The molecular weight excluding hydrogens is 307 g/mol. The van der Waals surface area contributed by atoms with Crippen molar-refractivity contribution in [2.24, 2.45) is 0 Å². The molecule has 0 aliphatic heterocycles. The molecule has 2 N–H and O–H groups in total. The molecule has 0 aliphatic rings. The first-order chi connectivity index (χ1) is 10.3. The quantitative estimate of drug-likeness (QED) is 0.886. The highest BCUT2D eigenvalue weighted by Crippen LogP contribution is 2.24. The van der Waals surface area contributed by atoms with Gasteiger partial charge in [0.15, 0.2) is 0 Å². The van der Waals surface area contributed by atoms with Crippen molar-refractivity contribution >= 4 is 23.2 Å². The minimum atomic E-state index is -1.33. The molecule has 0 fully saturated rings. The molecule has 22 heavy (non-hydrogen) atoms. The summed E-state index contributed by atoms with van der Waals surface area (Å²) in [5.74, 6) is -1.84. The number of amides is 1. The topological polar surface area (TPSA) is 79.3 Å². The molecule has 0 bridgehead atoms. The number of aromatic nitrogens is 1. The van der Waals surface area contributed by atoms with E-state index < -0.39 is 17.4 Å². The average molecular weight is 322 g/mol. The van der Waals surface area contributed by atoms with Gasteiger partial charge >= 0.3 is 5.97 Å². The van der Waals surface area contributed by atoms with Crippen LogP contribution in [0.1, 0.15) is 19.5 Å². The molecule has 0 aliphatic carbocycles. The largest absolute Gasteiger partial charge is 0.480 e. The van der Waals surface area contributed by atoms with E-state index in [1.165, 1.54) is 37.3 Å². The number of nitrogens with zero attached hydrogens (tertiary/aromatic N) is 1. The summed E-state index contributed by atoms with van der Waals surface area (Å²) >= 11 is 1.34. The third-order valence-corrected chi connectivity index (χ3v) is 3.91. The van der Waals surface area contributed by atoms with Crippen LogP contribution in [0.2, 0.25) is 0 Å². The van der Waals surface area contributed by atoms with Crippen LogP contribution in [0.25, 0.3) is 10.6 Å². The number of thiazole rings is 1. The molecule has 0 atom stereocenters. The number of carboxylic acids is 1. The second-order valence-electron chi connectivity index (χ2n) is 5.31. The lowest BCUT2D eigenvalue weighted by Gasteiger charge is -2.20. The molecule has 0 unspecified atom stereocenters. The third-order valence-electron chi connectivity index (χ3n) is 2.97. The standard InChI is InChI=1S/C15H15FN2O3S/c1-15(2,14(20)21)18-12(19)7-11-8-22-13(17-11)9-3-5-10(16)6-4-9/h3-6,8H,7H2,1-2H3,(H,18,19)(H,20,21). The fourth-order valence-corrected chi connectivity index (χ4v) is 2.55. The van der Waals surface area contributed by atoms with Crippen LogP contribution >= 0.6 is 11.3 Å². The van der Waals surface area contributed by atoms with Gasteiger partial charge in [-0.2, -0.15) is 0 Å². The Morgan fingerprint density at radius 3 is 2.55 bits per heavy atom. The Labute approximate surface area is 130 Å². The number of nitrogens with one attached hydrogen (secondary N) is 1. The van der Waals surface area contributed by atoms with Gasteiger partial charge in [0.2, 0.25) is 5.91 Å². The van der Waals surface area contributed by atoms with Crippen molar-refractivity contribution < 1.29 is 19.1 Å². The van der Waals surface area contributed by atoms with Gasteiger partial charge in [0.25, 0.3) is 0 Å². The van der Waals surface area contributed by atoms with Crippen LogP contribution in [0, 0.1) is 5.82 Å². The number of carbonyl (C=O) groups is 2. The van der Waals surface area contributed by atoms with Gasteiger partial charge in [0, 0.05) is 10.9 Å². The fourth-order valence-electron chi connectivity index (χ4n) is 1.72. The number of hydrogen-bond donors (Lipinski definition) is 2. The van der Waals surface area contributed by atoms with Gasteiger partial charge in [-0.3, -0.25) is 4.79 Å². The highest BCUT2D eigenvalue weighted by Gasteiger charge is 2.29. The van der Waals surface area contributed by atoms with Crippen LogP contribution in [0.5, 0.6) is 0 Å². The summed E-state index contributed by atoms with van der Waals surface area (Å²) in [5, 5.41) is 13.8. The predicted octanol–water partition coefficient (Wildman–Crippen LogP) is 2.47. The Bertz CT molecular complexity index is 695. The summed E-state index contributed by atoms with van der Waals surface area (Å²) in [7, 11) is 0. The van der Waals surface area contributed by atoms with Crippen molar-refractivity contribution in [3.05, 3.63) is 41.2 Å². The second-order valence-corrected chi connectivity index (χ2v) is 6.16. The van der Waals surface area contributed by atoms with Gasteiger partial charge in [-0.05, 0) is 38.1 Å². The van der Waals surface area contributed by atoms with E-state index in [0.717, 1.165) is 5.56 Å². The van der Waals surface area contributed by atoms with Crippen molar-refractivity contribution in [1.29, 1.82) is 0 Å². The Kier molecular flexibility index (Phi) is 4.56. The number of hydrogen-bond acceptors (Lipinski definition) is 4. The molecule has 0 radical (unpaired) electrons. The van der Waals surface area contributed by atoms with Crippen LogP contribution < -0.4 is 5.32 Å². The third kappa shape index (κ3) is 3.88. The molecule has 0 saturated carbocycles. The van der Waals surface area contributed by atoms with E-state index in [1.54, 1.807) is 17.5 Å². The summed E-state index contributed by atoms with van der Waals surface area (Å²) in [5.41, 5.74) is -0.0145. The lowest BCUT2D eigenvalue weighted by Crippen LogP contribution is -2.50. The van der Waals surface area contributed by atoms with E-state index in [2.05, 4.69) is 10.3 Å². The highest BCUT2D eigenvalue weighted by molar-refractivity contribution is 7.13. The van der Waals surface area contributed by atoms with Gasteiger partial charge in [0.1, 0.15) is 16.4 Å². The van der Waals surface area contributed by atoms with Crippen LogP contribution in [0.3, 0.4) is 0 Å². The minimum Gasteiger partial charge on any atom is -0.480 e. The zero-order valence-corrected chi connectivity index (χ0v) is 12.9. The Morgan fingerprint density at radius 1 is 1.32 bits per heavy atom. The Morgan fingerprint density at radius 2 is 1.95 bits per heavy atom. The van der Waals surface area contributed by atoms with E-state index in [9.17, 15) is 14.0 Å². The number of carboxylic acid groups (broad SMARTS) is 1. The number of benzene rings is 1. The first-order valence-electron chi connectivity index (χ1n) is 6.53. The van der Waals surface area contributed by atoms with E-state index >= 15 is 0 Å². The molecular formula is C15H15FN2O3S. The van der Waals surface area contributed by atoms with E-state index in [0.29, 0.717) is 10.7 Å². The van der Waals surface area contributed by atoms with Gasteiger partial charge in [-0.1, -0.05) is 0 Å². The lowest BCUT2D eigenvalue weighted by molar-refractivity contribution is -0.145. The van der Waals surface area contributed by atoms with Gasteiger partial charge in [-0.25, -0.2) is 14.2 Å². The predicted molar refractivity (Wildman–Crippen MR) is 81.1 cm³/mol. The molecule has 2 aromatic rings. The zero-order valence-electron chi connectivity index (χ0n) is 12.1. The van der Waals surface area contributed by atoms with E-state index in [4.69, 9.17) is 5.11 Å². The number of aliphatic carboxylic acids is 1. The van der Waals surface area contributed by atoms with Crippen molar-refractivity contribution in [3.63, 3.8) is 0 Å². The first kappa shape index (κ1) is 16.1. The molecule has 0 spiro atoms. The van der Waals surface area contributed by atoms with Gasteiger partial charge < -0.3 is 10.4 Å². The molecule has 0 saturated heterocycles. The van der Waals surface area contributed by atoms with Crippen molar-refractivity contribution in [2.75, 3.05) is 0 Å². The fraction of sp³-hybridized carbons (Fsp3) is 0.267. The van der Waals surface area contributed by atoms with Crippen LogP contribution in [0.4, 0.5) is 4.39 Å². The molecule has 1 aromatic heterocycles. The maximum atomic E-state index is 12.9. The Hall–Kier alpha value is -2.28. The molecule has 5 nitrogen and oxygen atoms in total. The smallest absolute Gasteiger partial charge is 0.328 e. The summed E-state index contributed by atoms with van der Waals surface area (Å²) in [6.07, 6.45) is -0.00555. The first-order valence-corrected chi connectivity index (χ1v) is 7.40. The maximum Gasteiger partial charge on any atom is 0.328 e. The molecule has 1 aromatic carbocycles. The van der Waals surface area contributed by atoms with E-state index in [-0.39, 0.29) is 12.2 Å². The minimum absolute atomic E-state index is 0.00555. The summed E-state index contributed by atoms with van der Waals surface area (Å²) in [6, 6.07) is 5.92. The van der Waals surface area contributed by atoms with Crippen LogP contribution in [0.15, 0.2) is 29.6 Å². The van der Waals surface area contributed by atoms with Crippen molar-refractivity contribution in [3.8, 4) is 10.6 Å². The van der Waals surface area contributed by atoms with Gasteiger partial charge in [-0.15, -0.1) is 11.3 Å². The molecule has 1 heterocycles. The second kappa shape index (κ2) is 6.23. The number of halogens is 1. The maximum absolute atomic E-state index is 12.9. The monoisotopic (exact) mass is 322 g/mol. The van der Waals surface area contributed by atoms with E-state index in [1.807, 2.05) is 0 Å². The average Bonchev–Trinajstić information content (AvgIpc) is 2.87. The summed E-state index contributed by atoms with van der Waals surface area (Å²) in [6.45, 7) is 2.83. The van der Waals surface area contributed by atoms with Crippen molar-refractivity contribution in [1.82, 2.24) is 10.3 Å². The lowest BCUT2D eigenvalue weighted by atomic mass is 10.1. The Balaban J connectivity index is 2.05. The summed E-state index contributed by atoms with van der Waals surface area (Å²) < 4.78 is 12.9. The summed E-state index contributed by atoms with van der Waals surface area (Å²) in [4.78, 5) is 27.1. The van der Waals surface area contributed by atoms with Crippen LogP contribution in [-0.4, -0.2) is 27.5 Å². The number of carbonyl (C=O) groups excluding carboxylic acids is 1. The van der Waals surface area contributed by atoms with Gasteiger partial charge in [0.05, 0.1) is 12.1 Å². The zero-order chi connectivity index (χ0) is 16.3. The van der Waals surface area contributed by atoms with Crippen LogP contribution in [-0.2, 0) is 16.0 Å². The highest BCUT2D eigenvalue weighted by atomic mass is 32.1. The molecule has 7 heteroatoms. The molecule has 1 amide bonds. The SMILES string of the molecule is CC(C)(NC(=O)Cc1csc(-c2ccc(F)cc2)n1)C(=O)O. The molecule has 2 rings (SSSR count). The molecule has 116 valence electrons.